The van der Waals surface area contributed by atoms with Crippen LogP contribution in [0.25, 0.3) is 0 Å². The van der Waals surface area contributed by atoms with Gasteiger partial charge in [0.05, 0.1) is 6.54 Å². The highest BCUT2D eigenvalue weighted by Crippen LogP contribution is 2.07. The molecule has 0 aliphatic heterocycles. The third-order valence-corrected chi connectivity index (χ3v) is 3.85. The van der Waals surface area contributed by atoms with E-state index in [0.29, 0.717) is 6.42 Å². The Balaban J connectivity index is 2.26. The van der Waals surface area contributed by atoms with Gasteiger partial charge < -0.3 is 25.8 Å². The van der Waals surface area contributed by atoms with E-state index in [4.69, 9.17) is 9.84 Å². The Kier molecular flexibility index (Phi) is 9.35. The summed E-state index contributed by atoms with van der Waals surface area (Å²) in [6, 6.07) is 8.03. The first-order valence-electron chi connectivity index (χ1n) is 8.56. The molecule has 27 heavy (non-hydrogen) atoms. The van der Waals surface area contributed by atoms with Gasteiger partial charge in [0.2, 0.25) is 11.8 Å². The van der Waals surface area contributed by atoms with Gasteiger partial charge in [0.15, 0.2) is 0 Å². The number of carboxylic acid groups (broad SMARTS) is 1. The first-order chi connectivity index (χ1) is 12.8. The van der Waals surface area contributed by atoms with Crippen LogP contribution in [-0.2, 0) is 25.7 Å². The van der Waals surface area contributed by atoms with Crippen molar-refractivity contribution in [2.75, 3.05) is 13.1 Å². The summed E-state index contributed by atoms with van der Waals surface area (Å²) in [4.78, 5) is 46.1. The molecule has 3 amide bonds. The molecule has 0 saturated heterocycles. The second kappa shape index (κ2) is 11.5. The maximum Gasteiger partial charge on any atom is 0.407 e. The summed E-state index contributed by atoms with van der Waals surface area (Å²) < 4.78 is 4.95. The van der Waals surface area contributed by atoms with E-state index in [1.807, 2.05) is 25.1 Å². The van der Waals surface area contributed by atoms with Gasteiger partial charge in [-0.15, -0.1) is 0 Å². The molecular formula is C18H25N3O6. The number of ether oxygens (including phenoxy) is 1. The Hall–Kier alpha value is -3.10. The van der Waals surface area contributed by atoms with Gasteiger partial charge in [0.25, 0.3) is 0 Å². The highest BCUT2D eigenvalue weighted by atomic mass is 16.5. The molecule has 148 valence electrons. The van der Waals surface area contributed by atoms with E-state index in [2.05, 4.69) is 16.0 Å². The molecule has 1 aromatic rings. The molecule has 1 rings (SSSR count). The number of rotatable bonds is 10. The lowest BCUT2D eigenvalue weighted by atomic mass is 9.99. The van der Waals surface area contributed by atoms with Crippen molar-refractivity contribution in [2.45, 2.75) is 32.9 Å². The zero-order valence-corrected chi connectivity index (χ0v) is 15.4. The topological polar surface area (TPSA) is 134 Å². The van der Waals surface area contributed by atoms with Gasteiger partial charge >= 0.3 is 12.1 Å². The first kappa shape index (κ1) is 21.9. The van der Waals surface area contributed by atoms with E-state index in [1.54, 1.807) is 19.1 Å². The molecule has 0 radical (unpaired) electrons. The molecule has 1 aromatic carbocycles. The van der Waals surface area contributed by atoms with Crippen molar-refractivity contribution in [3.8, 4) is 0 Å². The molecule has 2 atom stereocenters. The van der Waals surface area contributed by atoms with Crippen LogP contribution in [0.2, 0.25) is 0 Å². The van der Waals surface area contributed by atoms with E-state index >= 15 is 0 Å². The van der Waals surface area contributed by atoms with Crippen molar-refractivity contribution in [3.05, 3.63) is 35.9 Å². The Bertz CT molecular complexity index is 650. The Morgan fingerprint density at radius 2 is 1.67 bits per heavy atom. The number of amides is 3. The predicted octanol–water partition coefficient (Wildman–Crippen LogP) is 0.645. The molecule has 9 nitrogen and oxygen atoms in total. The van der Waals surface area contributed by atoms with Crippen LogP contribution in [-0.4, -0.2) is 48.1 Å². The fourth-order valence-electron chi connectivity index (χ4n) is 2.08. The lowest BCUT2D eigenvalue weighted by Gasteiger charge is -2.20. The molecule has 0 spiro atoms. The van der Waals surface area contributed by atoms with Crippen LogP contribution in [0.3, 0.4) is 0 Å². The van der Waals surface area contributed by atoms with Crippen molar-refractivity contribution in [1.82, 2.24) is 16.0 Å². The fourth-order valence-corrected chi connectivity index (χ4v) is 2.08. The summed E-state index contributed by atoms with van der Waals surface area (Å²) in [7, 11) is 0. The van der Waals surface area contributed by atoms with E-state index in [0.717, 1.165) is 5.56 Å². The summed E-state index contributed by atoms with van der Waals surface area (Å²) in [6.07, 6.45) is -0.181. The third kappa shape index (κ3) is 8.70. The third-order valence-electron chi connectivity index (χ3n) is 3.85. The van der Waals surface area contributed by atoms with Gasteiger partial charge in [0, 0.05) is 0 Å². The molecule has 0 saturated carbocycles. The van der Waals surface area contributed by atoms with Gasteiger partial charge in [-0.05, 0) is 11.5 Å². The number of carboxylic acids is 1. The number of aliphatic carboxylic acids is 1. The van der Waals surface area contributed by atoms with Crippen molar-refractivity contribution in [1.29, 1.82) is 0 Å². The van der Waals surface area contributed by atoms with Gasteiger partial charge in [0.1, 0.15) is 19.2 Å². The largest absolute Gasteiger partial charge is 0.480 e. The van der Waals surface area contributed by atoms with Crippen molar-refractivity contribution in [2.24, 2.45) is 5.92 Å². The van der Waals surface area contributed by atoms with Crippen LogP contribution in [0.1, 0.15) is 25.8 Å². The number of carbonyl (C=O) groups is 4. The molecule has 9 heteroatoms. The zero-order chi connectivity index (χ0) is 20.2. The highest BCUT2D eigenvalue weighted by molar-refractivity contribution is 5.89. The van der Waals surface area contributed by atoms with E-state index < -0.39 is 29.9 Å². The number of nitrogens with one attached hydrogen (secondary N) is 3. The molecule has 0 aliphatic rings. The maximum absolute atomic E-state index is 11.8. The van der Waals surface area contributed by atoms with E-state index in [1.165, 1.54) is 0 Å². The lowest BCUT2D eigenvalue weighted by Crippen LogP contribution is -2.49. The smallest absolute Gasteiger partial charge is 0.407 e. The van der Waals surface area contributed by atoms with Gasteiger partial charge in [-0.1, -0.05) is 50.6 Å². The summed E-state index contributed by atoms with van der Waals surface area (Å²) >= 11 is 0. The van der Waals surface area contributed by atoms with Crippen LogP contribution in [0.15, 0.2) is 30.3 Å². The van der Waals surface area contributed by atoms with Gasteiger partial charge in [-0.25, -0.2) is 9.59 Å². The number of hydrogen-bond donors (Lipinski definition) is 4. The summed E-state index contributed by atoms with van der Waals surface area (Å²) in [5, 5.41) is 16.0. The number of benzene rings is 1. The Morgan fingerprint density at radius 1 is 1.04 bits per heavy atom. The predicted molar refractivity (Wildman–Crippen MR) is 96.7 cm³/mol. The quantitative estimate of drug-likeness (QED) is 0.471. The number of alkyl carbamates (subject to hydrolysis) is 1. The van der Waals surface area contributed by atoms with E-state index in [-0.39, 0.29) is 25.6 Å². The fraction of sp³-hybridized carbons (Fsp3) is 0.444. The second-order valence-corrected chi connectivity index (χ2v) is 5.96. The molecular weight excluding hydrogens is 354 g/mol. The lowest BCUT2D eigenvalue weighted by molar-refractivity contribution is -0.143. The highest BCUT2D eigenvalue weighted by Gasteiger charge is 2.25. The zero-order valence-electron chi connectivity index (χ0n) is 15.4. The van der Waals surface area contributed by atoms with E-state index in [9.17, 15) is 19.2 Å². The average molecular weight is 379 g/mol. The molecule has 0 aromatic heterocycles. The normalized spacial score (nSPS) is 12.4. The summed E-state index contributed by atoms with van der Waals surface area (Å²) in [5.74, 6) is -2.60. The minimum Gasteiger partial charge on any atom is -0.480 e. The minimum atomic E-state index is -1.13. The van der Waals surface area contributed by atoms with Crippen molar-refractivity contribution >= 4 is 23.9 Å². The van der Waals surface area contributed by atoms with Crippen LogP contribution in [0, 0.1) is 5.92 Å². The van der Waals surface area contributed by atoms with Crippen LogP contribution in [0.4, 0.5) is 4.79 Å². The standard InChI is InChI=1S/C18H25N3O6/c1-3-12(2)16(17(24)25)21-15(23)10-19-14(22)9-20-18(26)27-11-13-7-5-4-6-8-13/h4-8,12,16H,3,9-11H2,1-2H3,(H,19,22)(H,20,26)(H,21,23)(H,24,25). The van der Waals surface area contributed by atoms with Crippen LogP contribution < -0.4 is 16.0 Å². The Morgan fingerprint density at radius 3 is 2.26 bits per heavy atom. The SMILES string of the molecule is CCC(C)C(NC(=O)CNC(=O)CNC(=O)OCc1ccccc1)C(=O)O. The number of hydrogen-bond acceptors (Lipinski definition) is 5. The molecule has 0 heterocycles. The average Bonchev–Trinajstić information content (AvgIpc) is 2.67. The monoisotopic (exact) mass is 379 g/mol. The number of carbonyl (C=O) groups excluding carboxylic acids is 3. The van der Waals surface area contributed by atoms with Crippen LogP contribution >= 0.6 is 0 Å². The molecule has 4 N–H and O–H groups in total. The maximum atomic E-state index is 11.8. The van der Waals surface area contributed by atoms with Gasteiger partial charge in [-0.3, -0.25) is 9.59 Å². The second-order valence-electron chi connectivity index (χ2n) is 5.96. The van der Waals surface area contributed by atoms with Gasteiger partial charge in [-0.2, -0.15) is 0 Å². The molecule has 0 fully saturated rings. The minimum absolute atomic E-state index is 0.0723. The molecule has 0 bridgehead atoms. The molecule has 2 unspecified atom stereocenters. The first-order valence-corrected chi connectivity index (χ1v) is 8.56. The molecule has 0 aliphatic carbocycles. The van der Waals surface area contributed by atoms with Crippen molar-refractivity contribution < 1.29 is 29.0 Å². The summed E-state index contributed by atoms with van der Waals surface area (Å²) in [6.45, 7) is 2.84. The van der Waals surface area contributed by atoms with Crippen molar-refractivity contribution in [3.63, 3.8) is 0 Å². The van der Waals surface area contributed by atoms with Crippen LogP contribution in [0.5, 0.6) is 0 Å². The Labute approximate surface area is 157 Å². The summed E-state index contributed by atoms with van der Waals surface area (Å²) in [5.41, 5.74) is 0.808.